The lowest BCUT2D eigenvalue weighted by atomic mass is 10.1. The topological polar surface area (TPSA) is 64.2 Å². The van der Waals surface area contributed by atoms with Gasteiger partial charge in [-0.05, 0) is 41.5 Å². The first kappa shape index (κ1) is 20.5. The third-order valence-corrected chi connectivity index (χ3v) is 5.30. The second kappa shape index (κ2) is 9.40. The molecule has 1 heterocycles. The van der Waals surface area contributed by atoms with Crippen molar-refractivity contribution in [2.45, 2.75) is 13.2 Å². The summed E-state index contributed by atoms with van der Waals surface area (Å²) in [5.74, 6) is 1.70. The van der Waals surface area contributed by atoms with E-state index >= 15 is 0 Å². The van der Waals surface area contributed by atoms with Crippen LogP contribution in [0.2, 0.25) is 0 Å². The third kappa shape index (κ3) is 4.77. The molecule has 0 spiro atoms. The molecule has 0 aliphatic carbocycles. The van der Waals surface area contributed by atoms with E-state index in [1.165, 1.54) is 0 Å². The maximum atomic E-state index is 12.5. The fraction of sp³-hybridized carbons (Fsp3) is 0.0714. The predicted octanol–water partition coefficient (Wildman–Crippen LogP) is 5.75. The highest BCUT2D eigenvalue weighted by molar-refractivity contribution is 5.79. The molecule has 5 nitrogen and oxygen atoms in total. The molecule has 5 aromatic rings. The van der Waals surface area contributed by atoms with E-state index in [9.17, 15) is 4.79 Å². The minimum atomic E-state index is -0.174. The summed E-state index contributed by atoms with van der Waals surface area (Å²) in [4.78, 5) is 20.1. The molecule has 33 heavy (non-hydrogen) atoms. The molecule has 1 N–H and O–H groups in total. The summed E-state index contributed by atoms with van der Waals surface area (Å²) in [5, 5.41) is 0.560. The van der Waals surface area contributed by atoms with Gasteiger partial charge in [-0.2, -0.15) is 0 Å². The van der Waals surface area contributed by atoms with Crippen molar-refractivity contribution in [1.82, 2.24) is 9.97 Å². The lowest BCUT2D eigenvalue weighted by Gasteiger charge is -2.15. The van der Waals surface area contributed by atoms with E-state index in [0.29, 0.717) is 41.4 Å². The molecule has 0 aliphatic heterocycles. The Balaban J connectivity index is 1.48. The Kier molecular flexibility index (Phi) is 5.85. The standard InChI is InChI=1S/C28H22N2O3/c31-28-23-13-7-8-14-24(23)29-27(30-28)22-15-16-25(32-18-20-9-3-1-4-10-20)26(17-22)33-19-21-11-5-2-6-12-21/h1-17H,18-19H2,(H,29,30,31). The van der Waals surface area contributed by atoms with Gasteiger partial charge < -0.3 is 14.5 Å². The minimum absolute atomic E-state index is 0.174. The number of hydrogen-bond acceptors (Lipinski definition) is 4. The summed E-state index contributed by atoms with van der Waals surface area (Å²) < 4.78 is 12.2. The van der Waals surface area contributed by atoms with Crippen molar-refractivity contribution < 1.29 is 9.47 Å². The maximum absolute atomic E-state index is 12.5. The highest BCUT2D eigenvalue weighted by Crippen LogP contribution is 2.33. The molecule has 0 saturated carbocycles. The van der Waals surface area contributed by atoms with E-state index in [0.717, 1.165) is 16.7 Å². The SMILES string of the molecule is O=c1[nH]c(-c2ccc(OCc3ccccc3)c(OCc3ccccc3)c2)nc2ccccc12. The number of nitrogens with one attached hydrogen (secondary N) is 1. The molecule has 0 atom stereocenters. The predicted molar refractivity (Wildman–Crippen MR) is 129 cm³/mol. The number of hydrogen-bond donors (Lipinski definition) is 1. The Hall–Kier alpha value is -4.38. The van der Waals surface area contributed by atoms with E-state index in [1.807, 2.05) is 97.1 Å². The van der Waals surface area contributed by atoms with Gasteiger partial charge in [-0.25, -0.2) is 4.98 Å². The summed E-state index contributed by atoms with van der Waals surface area (Å²) in [6.07, 6.45) is 0. The van der Waals surface area contributed by atoms with Crippen LogP contribution in [-0.2, 0) is 13.2 Å². The second-order valence-electron chi connectivity index (χ2n) is 7.64. The van der Waals surface area contributed by atoms with Gasteiger partial charge in [0.1, 0.15) is 19.0 Å². The summed E-state index contributed by atoms with van der Waals surface area (Å²) >= 11 is 0. The fourth-order valence-electron chi connectivity index (χ4n) is 3.58. The number of fused-ring (bicyclic) bond motifs is 1. The highest BCUT2D eigenvalue weighted by Gasteiger charge is 2.12. The van der Waals surface area contributed by atoms with Gasteiger partial charge >= 0.3 is 0 Å². The van der Waals surface area contributed by atoms with E-state index in [1.54, 1.807) is 6.07 Å². The fourth-order valence-corrected chi connectivity index (χ4v) is 3.58. The number of benzene rings is 4. The molecular weight excluding hydrogens is 412 g/mol. The number of para-hydroxylation sites is 1. The molecule has 0 unspecified atom stereocenters. The summed E-state index contributed by atoms with van der Waals surface area (Å²) in [5.41, 5.74) is 3.33. The summed E-state index contributed by atoms with van der Waals surface area (Å²) in [7, 11) is 0. The van der Waals surface area contributed by atoms with Crippen LogP contribution in [0.25, 0.3) is 22.3 Å². The maximum Gasteiger partial charge on any atom is 0.259 e. The number of nitrogens with zero attached hydrogens (tertiary/aromatic N) is 1. The zero-order valence-electron chi connectivity index (χ0n) is 17.9. The quantitative estimate of drug-likeness (QED) is 0.354. The van der Waals surface area contributed by atoms with Gasteiger partial charge in [0.05, 0.1) is 10.9 Å². The Labute approximate surface area is 191 Å². The van der Waals surface area contributed by atoms with Crippen LogP contribution >= 0.6 is 0 Å². The first-order valence-electron chi connectivity index (χ1n) is 10.7. The molecular formula is C28H22N2O3. The van der Waals surface area contributed by atoms with Crippen molar-refractivity contribution in [2.24, 2.45) is 0 Å². The van der Waals surface area contributed by atoms with Gasteiger partial charge in [-0.15, -0.1) is 0 Å². The Morgan fingerprint density at radius 2 is 1.27 bits per heavy atom. The summed E-state index contributed by atoms with van der Waals surface area (Å²) in [6.45, 7) is 0.820. The van der Waals surface area contributed by atoms with Crippen LogP contribution in [0.4, 0.5) is 0 Å². The average molecular weight is 434 g/mol. The molecule has 162 valence electrons. The van der Waals surface area contributed by atoms with Crippen molar-refractivity contribution in [2.75, 3.05) is 0 Å². The van der Waals surface area contributed by atoms with Crippen molar-refractivity contribution in [1.29, 1.82) is 0 Å². The molecule has 0 aliphatic rings. The zero-order valence-corrected chi connectivity index (χ0v) is 17.9. The molecule has 5 rings (SSSR count). The van der Waals surface area contributed by atoms with Gasteiger partial charge in [-0.1, -0.05) is 72.8 Å². The van der Waals surface area contributed by atoms with Gasteiger partial charge in [-0.3, -0.25) is 4.79 Å². The number of H-pyrrole nitrogens is 1. The van der Waals surface area contributed by atoms with Gasteiger partial charge in [0.15, 0.2) is 11.5 Å². The minimum Gasteiger partial charge on any atom is -0.485 e. The van der Waals surface area contributed by atoms with Crippen LogP contribution in [-0.4, -0.2) is 9.97 Å². The molecule has 0 fully saturated rings. The Bertz CT molecular complexity index is 1430. The van der Waals surface area contributed by atoms with Crippen molar-refractivity contribution >= 4 is 10.9 Å². The number of aromatic amines is 1. The molecule has 0 amide bonds. The zero-order chi connectivity index (χ0) is 22.5. The number of rotatable bonds is 7. The summed E-state index contributed by atoms with van der Waals surface area (Å²) in [6, 6.07) is 32.8. The highest BCUT2D eigenvalue weighted by atomic mass is 16.5. The van der Waals surface area contributed by atoms with Crippen molar-refractivity contribution in [3.63, 3.8) is 0 Å². The number of aromatic nitrogens is 2. The molecule has 4 aromatic carbocycles. The van der Waals surface area contributed by atoms with Crippen molar-refractivity contribution in [3.8, 4) is 22.9 Å². The van der Waals surface area contributed by atoms with Crippen LogP contribution in [0.1, 0.15) is 11.1 Å². The Morgan fingerprint density at radius 3 is 1.97 bits per heavy atom. The monoisotopic (exact) mass is 434 g/mol. The van der Waals surface area contributed by atoms with Crippen LogP contribution in [0.15, 0.2) is 108 Å². The lowest BCUT2D eigenvalue weighted by Crippen LogP contribution is -2.09. The second-order valence-corrected chi connectivity index (χ2v) is 7.64. The van der Waals surface area contributed by atoms with Gasteiger partial charge in [0.25, 0.3) is 5.56 Å². The lowest BCUT2D eigenvalue weighted by molar-refractivity contribution is 0.256. The average Bonchev–Trinajstić information content (AvgIpc) is 2.87. The molecule has 5 heteroatoms. The van der Waals surface area contributed by atoms with Gasteiger partial charge in [0.2, 0.25) is 0 Å². The number of ether oxygens (including phenoxy) is 2. The van der Waals surface area contributed by atoms with E-state index < -0.39 is 0 Å². The van der Waals surface area contributed by atoms with Gasteiger partial charge in [0, 0.05) is 5.56 Å². The van der Waals surface area contributed by atoms with Crippen LogP contribution in [0.3, 0.4) is 0 Å². The molecule has 1 aromatic heterocycles. The third-order valence-electron chi connectivity index (χ3n) is 5.30. The normalized spacial score (nSPS) is 10.8. The molecule has 0 saturated heterocycles. The smallest absolute Gasteiger partial charge is 0.259 e. The van der Waals surface area contributed by atoms with Crippen LogP contribution < -0.4 is 15.0 Å². The largest absolute Gasteiger partial charge is 0.485 e. The van der Waals surface area contributed by atoms with Crippen LogP contribution in [0, 0.1) is 0 Å². The molecule has 0 bridgehead atoms. The van der Waals surface area contributed by atoms with E-state index in [4.69, 9.17) is 9.47 Å². The van der Waals surface area contributed by atoms with Crippen molar-refractivity contribution in [3.05, 3.63) is 125 Å². The first-order chi connectivity index (χ1) is 16.3. The molecule has 0 radical (unpaired) electrons. The Morgan fingerprint density at radius 1 is 0.667 bits per heavy atom. The van der Waals surface area contributed by atoms with Crippen LogP contribution in [0.5, 0.6) is 11.5 Å². The van der Waals surface area contributed by atoms with E-state index in [-0.39, 0.29) is 5.56 Å². The first-order valence-corrected chi connectivity index (χ1v) is 10.7. The van der Waals surface area contributed by atoms with E-state index in [2.05, 4.69) is 9.97 Å².